The number of carbonyl (C=O) groups excluding carboxylic acids is 2. The lowest BCUT2D eigenvalue weighted by Gasteiger charge is -2.12. The third kappa shape index (κ3) is 4.03. The number of fused-ring (bicyclic) bond motifs is 1. The molecule has 0 unspecified atom stereocenters. The Morgan fingerprint density at radius 2 is 1.81 bits per heavy atom. The first-order valence-corrected chi connectivity index (χ1v) is 8.39. The summed E-state index contributed by atoms with van der Waals surface area (Å²) in [6.45, 7) is 1.58. The summed E-state index contributed by atoms with van der Waals surface area (Å²) in [5.74, 6) is 0.828. The maximum atomic E-state index is 12.6. The van der Waals surface area contributed by atoms with Gasteiger partial charge < -0.3 is 24.7 Å². The van der Waals surface area contributed by atoms with E-state index in [0.29, 0.717) is 22.9 Å². The molecule has 0 bridgehead atoms. The number of methoxy groups -OCH3 is 2. The number of nitrogens with zero attached hydrogens (tertiary/aromatic N) is 1. The van der Waals surface area contributed by atoms with E-state index >= 15 is 0 Å². The van der Waals surface area contributed by atoms with Crippen LogP contribution < -0.4 is 20.1 Å². The Labute approximate surface area is 156 Å². The fraction of sp³-hybridized carbons (Fsp3) is 0.200. The van der Waals surface area contributed by atoms with E-state index in [4.69, 9.17) is 9.47 Å². The minimum Gasteiger partial charge on any atom is -0.497 e. The fourth-order valence-corrected chi connectivity index (χ4v) is 2.92. The topological polar surface area (TPSA) is 81.6 Å². The molecule has 0 aliphatic heterocycles. The largest absolute Gasteiger partial charge is 0.497 e. The molecule has 3 aromatic rings. The van der Waals surface area contributed by atoms with Crippen LogP contribution >= 0.6 is 0 Å². The molecule has 1 aromatic heterocycles. The summed E-state index contributed by atoms with van der Waals surface area (Å²) < 4.78 is 12.3. The SMILES string of the molecule is COc1ccc(OC)c(NC(=O)Cn2ccc3c(NC(C)=O)cccc32)c1. The van der Waals surface area contributed by atoms with Crippen LogP contribution in [0.5, 0.6) is 11.5 Å². The second-order valence-electron chi connectivity index (χ2n) is 5.98. The van der Waals surface area contributed by atoms with Crippen LogP contribution in [-0.2, 0) is 16.1 Å². The minimum absolute atomic E-state index is 0.118. The van der Waals surface area contributed by atoms with E-state index in [2.05, 4.69) is 10.6 Å². The van der Waals surface area contributed by atoms with Gasteiger partial charge in [-0.25, -0.2) is 0 Å². The second-order valence-corrected chi connectivity index (χ2v) is 5.98. The first-order chi connectivity index (χ1) is 13.0. The van der Waals surface area contributed by atoms with Gasteiger partial charge in [-0.2, -0.15) is 0 Å². The number of anilines is 2. The summed E-state index contributed by atoms with van der Waals surface area (Å²) >= 11 is 0. The van der Waals surface area contributed by atoms with Gasteiger partial charge in [-0.05, 0) is 30.3 Å². The van der Waals surface area contributed by atoms with Gasteiger partial charge in [0, 0.05) is 24.6 Å². The maximum Gasteiger partial charge on any atom is 0.244 e. The van der Waals surface area contributed by atoms with Gasteiger partial charge in [-0.1, -0.05) is 6.07 Å². The highest BCUT2D eigenvalue weighted by molar-refractivity contribution is 6.01. The Balaban J connectivity index is 1.82. The van der Waals surface area contributed by atoms with Crippen molar-refractivity contribution in [1.29, 1.82) is 0 Å². The van der Waals surface area contributed by atoms with Gasteiger partial charge in [0.1, 0.15) is 18.0 Å². The number of aromatic nitrogens is 1. The predicted molar refractivity (Wildman–Crippen MR) is 104 cm³/mol. The Bertz CT molecular complexity index is 994. The molecule has 2 N–H and O–H groups in total. The molecule has 0 radical (unpaired) electrons. The molecule has 0 fully saturated rings. The van der Waals surface area contributed by atoms with E-state index in [1.807, 2.05) is 35.0 Å². The third-order valence-corrected chi connectivity index (χ3v) is 4.12. The van der Waals surface area contributed by atoms with E-state index in [-0.39, 0.29) is 18.4 Å². The molecule has 2 amide bonds. The molecule has 3 rings (SSSR count). The fourth-order valence-electron chi connectivity index (χ4n) is 2.92. The molecule has 0 spiro atoms. The maximum absolute atomic E-state index is 12.6. The highest BCUT2D eigenvalue weighted by Gasteiger charge is 2.12. The number of hydrogen-bond acceptors (Lipinski definition) is 4. The van der Waals surface area contributed by atoms with Gasteiger partial charge in [0.05, 0.1) is 31.1 Å². The van der Waals surface area contributed by atoms with Crippen LogP contribution in [0.25, 0.3) is 10.9 Å². The van der Waals surface area contributed by atoms with Crippen LogP contribution in [0.2, 0.25) is 0 Å². The molecule has 7 nitrogen and oxygen atoms in total. The van der Waals surface area contributed by atoms with E-state index in [1.54, 1.807) is 32.4 Å². The van der Waals surface area contributed by atoms with Crippen molar-refractivity contribution >= 4 is 34.1 Å². The average molecular weight is 367 g/mol. The summed E-state index contributed by atoms with van der Waals surface area (Å²) in [6.07, 6.45) is 1.82. The van der Waals surface area contributed by atoms with E-state index in [1.165, 1.54) is 6.92 Å². The molecule has 27 heavy (non-hydrogen) atoms. The van der Waals surface area contributed by atoms with Crippen molar-refractivity contribution in [3.05, 3.63) is 48.7 Å². The molecule has 0 aliphatic rings. The summed E-state index contributed by atoms with van der Waals surface area (Å²) in [5, 5.41) is 6.52. The van der Waals surface area contributed by atoms with Crippen molar-refractivity contribution in [2.75, 3.05) is 24.9 Å². The molecular weight excluding hydrogens is 346 g/mol. The van der Waals surface area contributed by atoms with Crippen LogP contribution in [0.4, 0.5) is 11.4 Å². The van der Waals surface area contributed by atoms with Crippen molar-refractivity contribution in [1.82, 2.24) is 4.57 Å². The van der Waals surface area contributed by atoms with Crippen molar-refractivity contribution < 1.29 is 19.1 Å². The number of carbonyl (C=O) groups is 2. The molecule has 2 aromatic carbocycles. The number of rotatable bonds is 6. The Morgan fingerprint density at radius 3 is 2.52 bits per heavy atom. The first-order valence-electron chi connectivity index (χ1n) is 8.39. The Kier molecular flexibility index (Phi) is 5.30. The molecule has 1 heterocycles. The normalized spacial score (nSPS) is 10.5. The van der Waals surface area contributed by atoms with Crippen LogP contribution in [0, 0.1) is 0 Å². The van der Waals surface area contributed by atoms with Crippen molar-refractivity contribution in [3.8, 4) is 11.5 Å². The number of amides is 2. The molecule has 0 atom stereocenters. The van der Waals surface area contributed by atoms with E-state index < -0.39 is 0 Å². The summed E-state index contributed by atoms with van der Waals surface area (Å²) in [4.78, 5) is 23.9. The van der Waals surface area contributed by atoms with Crippen LogP contribution in [0.1, 0.15) is 6.92 Å². The lowest BCUT2D eigenvalue weighted by Crippen LogP contribution is -2.18. The predicted octanol–water partition coefficient (Wildman–Crippen LogP) is 3.26. The summed E-state index contributed by atoms with van der Waals surface area (Å²) in [6, 6.07) is 12.7. The van der Waals surface area contributed by atoms with E-state index in [9.17, 15) is 9.59 Å². The number of benzene rings is 2. The zero-order valence-electron chi connectivity index (χ0n) is 15.4. The van der Waals surface area contributed by atoms with Gasteiger partial charge >= 0.3 is 0 Å². The highest BCUT2D eigenvalue weighted by Crippen LogP contribution is 2.29. The average Bonchev–Trinajstić information content (AvgIpc) is 3.05. The molecule has 0 saturated heterocycles. The monoisotopic (exact) mass is 367 g/mol. The van der Waals surface area contributed by atoms with Crippen molar-refractivity contribution in [2.45, 2.75) is 13.5 Å². The quantitative estimate of drug-likeness (QED) is 0.701. The van der Waals surface area contributed by atoms with Gasteiger partial charge in [0.2, 0.25) is 11.8 Å². The lowest BCUT2D eigenvalue weighted by molar-refractivity contribution is -0.116. The second kappa shape index (κ2) is 7.82. The van der Waals surface area contributed by atoms with Crippen LogP contribution in [-0.4, -0.2) is 30.6 Å². The number of hydrogen-bond donors (Lipinski definition) is 2. The highest BCUT2D eigenvalue weighted by atomic mass is 16.5. The van der Waals surface area contributed by atoms with Crippen LogP contribution in [0.3, 0.4) is 0 Å². The third-order valence-electron chi connectivity index (χ3n) is 4.12. The number of ether oxygens (including phenoxy) is 2. The van der Waals surface area contributed by atoms with Crippen molar-refractivity contribution in [3.63, 3.8) is 0 Å². The van der Waals surface area contributed by atoms with Gasteiger partial charge in [-0.15, -0.1) is 0 Å². The van der Waals surface area contributed by atoms with Crippen LogP contribution in [0.15, 0.2) is 48.7 Å². The van der Waals surface area contributed by atoms with Gasteiger partial charge in [0.15, 0.2) is 0 Å². The minimum atomic E-state index is -0.205. The Hall–Kier alpha value is -3.48. The Morgan fingerprint density at radius 1 is 1.00 bits per heavy atom. The molecule has 0 saturated carbocycles. The standard InChI is InChI=1S/C20H21N3O4/c1-13(24)21-16-5-4-6-18-15(16)9-10-23(18)12-20(25)22-17-11-14(26-2)7-8-19(17)27-3/h4-11H,12H2,1-3H3,(H,21,24)(H,22,25). The van der Waals surface area contributed by atoms with E-state index in [0.717, 1.165) is 10.9 Å². The zero-order valence-corrected chi connectivity index (χ0v) is 15.4. The zero-order chi connectivity index (χ0) is 19.4. The summed E-state index contributed by atoms with van der Waals surface area (Å²) in [5.41, 5.74) is 2.11. The van der Waals surface area contributed by atoms with Gasteiger partial charge in [0.25, 0.3) is 0 Å². The summed E-state index contributed by atoms with van der Waals surface area (Å²) in [7, 11) is 3.10. The number of nitrogens with one attached hydrogen (secondary N) is 2. The van der Waals surface area contributed by atoms with Gasteiger partial charge in [-0.3, -0.25) is 9.59 Å². The van der Waals surface area contributed by atoms with Crippen molar-refractivity contribution in [2.24, 2.45) is 0 Å². The first kappa shape index (κ1) is 18.3. The smallest absolute Gasteiger partial charge is 0.244 e. The lowest BCUT2D eigenvalue weighted by atomic mass is 10.2. The molecule has 7 heteroatoms. The molecule has 0 aliphatic carbocycles. The molecular formula is C20H21N3O4. The molecule has 140 valence electrons.